The maximum atomic E-state index is 12.7. The largest absolute Gasteiger partial charge is 0.480 e. The number of alkyl carbamates (subject to hydrolysis) is 1. The summed E-state index contributed by atoms with van der Waals surface area (Å²) >= 11 is 0. The van der Waals surface area contributed by atoms with Crippen LogP contribution in [0, 0.1) is 11.3 Å². The van der Waals surface area contributed by atoms with Crippen molar-refractivity contribution in [3.63, 3.8) is 0 Å². The average Bonchev–Trinajstić information content (AvgIpc) is 2.83. The van der Waals surface area contributed by atoms with Crippen molar-refractivity contribution in [1.29, 1.82) is 0 Å². The van der Waals surface area contributed by atoms with Gasteiger partial charge in [-0.25, -0.2) is 9.59 Å². The van der Waals surface area contributed by atoms with Crippen LogP contribution < -0.4 is 15.5 Å². The lowest BCUT2D eigenvalue weighted by molar-refractivity contribution is -0.139. The van der Waals surface area contributed by atoms with Crippen LogP contribution in [0.4, 0.5) is 10.5 Å². The van der Waals surface area contributed by atoms with E-state index in [4.69, 9.17) is 4.74 Å². The van der Waals surface area contributed by atoms with E-state index < -0.39 is 18.1 Å². The molecule has 182 valence electrons. The van der Waals surface area contributed by atoms with Gasteiger partial charge in [0.05, 0.1) is 6.61 Å². The minimum atomic E-state index is -1.21. The van der Waals surface area contributed by atoms with E-state index in [1.807, 2.05) is 31.5 Å². The van der Waals surface area contributed by atoms with Crippen molar-refractivity contribution < 1.29 is 24.2 Å². The molecule has 2 fully saturated rings. The van der Waals surface area contributed by atoms with Crippen LogP contribution in [0.1, 0.15) is 58.3 Å². The van der Waals surface area contributed by atoms with Crippen molar-refractivity contribution in [3.05, 3.63) is 24.5 Å². The van der Waals surface area contributed by atoms with Gasteiger partial charge < -0.3 is 25.4 Å². The van der Waals surface area contributed by atoms with E-state index in [2.05, 4.69) is 20.5 Å². The van der Waals surface area contributed by atoms with Gasteiger partial charge in [-0.1, -0.05) is 13.3 Å². The van der Waals surface area contributed by atoms with Gasteiger partial charge in [0, 0.05) is 43.6 Å². The smallest absolute Gasteiger partial charge is 0.407 e. The summed E-state index contributed by atoms with van der Waals surface area (Å²) in [5.41, 5.74) is 1.51. The van der Waals surface area contributed by atoms with Gasteiger partial charge in [-0.05, 0) is 62.5 Å². The third kappa shape index (κ3) is 7.07. The predicted octanol–water partition coefficient (Wildman–Crippen LogP) is 2.95. The maximum absolute atomic E-state index is 12.7. The molecule has 2 aliphatic rings. The van der Waals surface area contributed by atoms with E-state index in [0.29, 0.717) is 11.8 Å². The van der Waals surface area contributed by atoms with Crippen molar-refractivity contribution in [2.45, 2.75) is 64.3 Å². The third-order valence-corrected chi connectivity index (χ3v) is 7.07. The molecular formula is C24H36N4O5. The Kier molecular flexibility index (Phi) is 8.91. The van der Waals surface area contributed by atoms with Gasteiger partial charge in [-0.15, -0.1) is 0 Å². The number of unbranched alkanes of at least 4 members (excludes halogenated alkanes) is 1. The second kappa shape index (κ2) is 11.9. The number of carbonyl (C=O) groups is 3. The Hall–Kier alpha value is -2.84. The number of nitrogens with one attached hydrogen (secondary N) is 2. The SMILES string of the molecule is CCCCOC(=O)N[C@@H](CNC(=O)C1CCC2(CC1)CCN(c1ccncc1)CC2)C(=O)O. The molecule has 0 radical (unpaired) electrons. The minimum Gasteiger partial charge on any atom is -0.480 e. The molecule has 1 saturated heterocycles. The van der Waals surface area contributed by atoms with E-state index in [-0.39, 0.29) is 25.0 Å². The zero-order valence-corrected chi connectivity index (χ0v) is 19.4. The molecule has 2 amide bonds. The first-order chi connectivity index (χ1) is 15.9. The maximum Gasteiger partial charge on any atom is 0.407 e. The van der Waals surface area contributed by atoms with Crippen LogP contribution in [-0.2, 0) is 14.3 Å². The molecule has 9 heteroatoms. The van der Waals surface area contributed by atoms with Crippen LogP contribution in [0.2, 0.25) is 0 Å². The number of aromatic nitrogens is 1. The highest BCUT2D eigenvalue weighted by Crippen LogP contribution is 2.46. The first kappa shape index (κ1) is 24.8. The van der Waals surface area contributed by atoms with E-state index in [9.17, 15) is 19.5 Å². The van der Waals surface area contributed by atoms with Crippen molar-refractivity contribution in [3.8, 4) is 0 Å². The van der Waals surface area contributed by atoms with E-state index >= 15 is 0 Å². The Morgan fingerprint density at radius 2 is 1.85 bits per heavy atom. The lowest BCUT2D eigenvalue weighted by Gasteiger charge is -2.46. The fourth-order valence-corrected chi connectivity index (χ4v) is 4.83. The summed E-state index contributed by atoms with van der Waals surface area (Å²) < 4.78 is 4.95. The van der Waals surface area contributed by atoms with Crippen LogP contribution in [0.15, 0.2) is 24.5 Å². The van der Waals surface area contributed by atoms with Gasteiger partial charge >= 0.3 is 12.1 Å². The lowest BCUT2D eigenvalue weighted by Crippen LogP contribution is -2.50. The normalized spacial score (nSPS) is 19.0. The average molecular weight is 461 g/mol. The summed E-state index contributed by atoms with van der Waals surface area (Å²) in [5.74, 6) is -1.45. The van der Waals surface area contributed by atoms with Crippen molar-refractivity contribution in [2.24, 2.45) is 11.3 Å². The number of aliphatic carboxylic acids is 1. The van der Waals surface area contributed by atoms with E-state index in [1.165, 1.54) is 5.69 Å². The van der Waals surface area contributed by atoms with Crippen molar-refractivity contribution in [1.82, 2.24) is 15.6 Å². The van der Waals surface area contributed by atoms with E-state index in [1.54, 1.807) is 0 Å². The number of rotatable bonds is 9. The molecule has 2 heterocycles. The molecule has 1 aromatic rings. The van der Waals surface area contributed by atoms with Crippen LogP contribution in [0.25, 0.3) is 0 Å². The van der Waals surface area contributed by atoms with Crippen LogP contribution >= 0.6 is 0 Å². The molecule has 33 heavy (non-hydrogen) atoms. The van der Waals surface area contributed by atoms with Crippen molar-refractivity contribution in [2.75, 3.05) is 31.1 Å². The number of hydrogen-bond donors (Lipinski definition) is 3. The van der Waals surface area contributed by atoms with Gasteiger partial charge in [0.2, 0.25) is 5.91 Å². The highest BCUT2D eigenvalue weighted by atomic mass is 16.5. The van der Waals surface area contributed by atoms with Gasteiger partial charge in [0.25, 0.3) is 0 Å². The number of carbonyl (C=O) groups excluding carboxylic acids is 2. The molecule has 1 atom stereocenters. The Labute approximate surface area is 195 Å². The Morgan fingerprint density at radius 3 is 2.45 bits per heavy atom. The Balaban J connectivity index is 1.40. The molecule has 1 aliphatic carbocycles. The first-order valence-electron chi connectivity index (χ1n) is 12.0. The van der Waals surface area contributed by atoms with Gasteiger partial charge in [-0.2, -0.15) is 0 Å². The molecule has 9 nitrogen and oxygen atoms in total. The number of piperidine rings is 1. The molecule has 1 saturated carbocycles. The fourth-order valence-electron chi connectivity index (χ4n) is 4.83. The summed E-state index contributed by atoms with van der Waals surface area (Å²) in [4.78, 5) is 42.4. The number of amides is 2. The van der Waals surface area contributed by atoms with Gasteiger partial charge in [0.15, 0.2) is 0 Å². The predicted molar refractivity (Wildman–Crippen MR) is 124 cm³/mol. The summed E-state index contributed by atoms with van der Waals surface area (Å²) in [6.45, 7) is 4.09. The van der Waals surface area contributed by atoms with Gasteiger partial charge in [-0.3, -0.25) is 9.78 Å². The van der Waals surface area contributed by atoms with Crippen LogP contribution in [0.5, 0.6) is 0 Å². The molecule has 3 N–H and O–H groups in total. The molecular weight excluding hydrogens is 424 g/mol. The number of carboxylic acids is 1. The first-order valence-corrected chi connectivity index (χ1v) is 12.0. The number of nitrogens with zero attached hydrogens (tertiary/aromatic N) is 2. The van der Waals surface area contributed by atoms with Crippen LogP contribution in [-0.4, -0.2) is 60.3 Å². The molecule has 0 unspecified atom stereocenters. The van der Waals surface area contributed by atoms with Gasteiger partial charge in [0.1, 0.15) is 6.04 Å². The monoisotopic (exact) mass is 460 g/mol. The zero-order chi connectivity index (χ0) is 23.7. The highest BCUT2D eigenvalue weighted by molar-refractivity contribution is 5.82. The van der Waals surface area contributed by atoms with E-state index in [0.717, 1.165) is 58.0 Å². The topological polar surface area (TPSA) is 121 Å². The second-order valence-electron chi connectivity index (χ2n) is 9.24. The second-order valence-corrected chi connectivity index (χ2v) is 9.24. The van der Waals surface area contributed by atoms with Crippen molar-refractivity contribution >= 4 is 23.7 Å². The zero-order valence-electron chi connectivity index (χ0n) is 19.4. The third-order valence-electron chi connectivity index (χ3n) is 7.07. The Bertz CT molecular complexity index is 785. The Morgan fingerprint density at radius 1 is 1.18 bits per heavy atom. The molecule has 1 aliphatic heterocycles. The number of ether oxygens (including phenoxy) is 1. The standard InChI is InChI=1S/C24H36N4O5/c1-2-3-16-33-23(32)27-20(22(30)31)17-26-21(29)18-4-8-24(9-5-18)10-14-28(15-11-24)19-6-12-25-13-7-19/h6-7,12-13,18,20H,2-5,8-11,14-17H2,1H3,(H,26,29)(H,27,32)(H,30,31)/t20-/m0/s1. The molecule has 1 spiro atoms. The number of hydrogen-bond acceptors (Lipinski definition) is 6. The minimum absolute atomic E-state index is 0.111. The molecule has 1 aromatic heterocycles. The number of anilines is 1. The highest BCUT2D eigenvalue weighted by Gasteiger charge is 2.39. The molecule has 0 bridgehead atoms. The number of pyridine rings is 1. The summed E-state index contributed by atoms with van der Waals surface area (Å²) in [7, 11) is 0. The molecule has 3 rings (SSSR count). The quantitative estimate of drug-likeness (QED) is 0.485. The summed E-state index contributed by atoms with van der Waals surface area (Å²) in [6.07, 6.45) is 10.3. The number of carboxylic acid groups (broad SMARTS) is 1. The summed E-state index contributed by atoms with van der Waals surface area (Å²) in [5, 5.41) is 14.4. The molecule has 0 aromatic carbocycles. The summed E-state index contributed by atoms with van der Waals surface area (Å²) in [6, 6.07) is 2.88. The fraction of sp³-hybridized carbons (Fsp3) is 0.667. The van der Waals surface area contributed by atoms with Crippen LogP contribution in [0.3, 0.4) is 0 Å². The lowest BCUT2D eigenvalue weighted by atomic mass is 9.65.